The fourth-order valence-corrected chi connectivity index (χ4v) is 6.81. The third kappa shape index (κ3) is 6.74. The molecule has 0 radical (unpaired) electrons. The number of halogens is 5. The maximum absolute atomic E-state index is 15.8. The predicted octanol–water partition coefficient (Wildman–Crippen LogP) is 5.90. The Labute approximate surface area is 303 Å². The summed E-state index contributed by atoms with van der Waals surface area (Å²) in [6.07, 6.45) is 6.41. The molecular formula is C35H28Cl2F3N9O3. The molecule has 0 spiro atoms. The van der Waals surface area contributed by atoms with Crippen LogP contribution in [0.4, 0.5) is 18.9 Å². The number of carbonyl (C=O) groups excluding carboxylic acids is 1. The first-order valence-electron chi connectivity index (χ1n) is 16.4. The van der Waals surface area contributed by atoms with E-state index in [1.165, 1.54) is 58.2 Å². The van der Waals surface area contributed by atoms with E-state index >= 15 is 4.39 Å². The largest absolute Gasteiger partial charge is 0.455 e. The topological polar surface area (TPSA) is 116 Å². The number of carbonyl (C=O) groups is 1. The fourth-order valence-electron chi connectivity index (χ4n) is 6.30. The van der Waals surface area contributed by atoms with E-state index < -0.39 is 28.8 Å². The Balaban J connectivity index is 0.961. The van der Waals surface area contributed by atoms with E-state index in [1.807, 2.05) is 9.47 Å². The number of esters is 1. The van der Waals surface area contributed by atoms with Gasteiger partial charge in [-0.3, -0.25) is 9.69 Å². The van der Waals surface area contributed by atoms with Crippen LogP contribution in [0.5, 0.6) is 0 Å². The molecule has 266 valence electrons. The molecule has 0 bridgehead atoms. The standard InChI is InChI=1S/C35H28Cl2F3N9O3/c36-27-11-20(38)1-5-30(27)48-16-22(41-43-48)15-45-7-9-46(10-8-45)33-14-32-25(13-29(33)40)34(50)26(18-47(32)24-3-4-24)35(51)52-19-23-17-49(44-42-23)31-6-2-21(39)12-28(31)37/h1-2,5-6,11-14,16-18,24H,3-4,7-10,15,19H2. The second-order valence-corrected chi connectivity index (χ2v) is 13.5. The number of fused-ring (bicyclic) bond motifs is 1. The highest BCUT2D eigenvalue weighted by atomic mass is 35.5. The molecule has 52 heavy (non-hydrogen) atoms. The Kier molecular flexibility index (Phi) is 8.93. The van der Waals surface area contributed by atoms with E-state index in [4.69, 9.17) is 27.9 Å². The van der Waals surface area contributed by atoms with Gasteiger partial charge in [-0.15, -0.1) is 10.2 Å². The minimum absolute atomic E-state index is 0.0587. The number of nitrogens with zero attached hydrogens (tertiary/aromatic N) is 9. The number of piperazine rings is 1. The van der Waals surface area contributed by atoms with Crippen LogP contribution in [0.1, 0.15) is 40.6 Å². The SMILES string of the molecule is O=C(OCc1cn(-c2ccc(F)cc2Cl)nn1)c1cn(C2CC2)c2cc(N3CCN(Cc4cn(-c5ccc(F)cc5Cl)nn4)CC3)c(F)cc2c1=O. The van der Waals surface area contributed by atoms with Gasteiger partial charge in [0.2, 0.25) is 5.43 Å². The molecule has 1 aliphatic heterocycles. The first-order chi connectivity index (χ1) is 25.1. The maximum Gasteiger partial charge on any atom is 0.344 e. The first-order valence-corrected chi connectivity index (χ1v) is 17.1. The normalized spacial score (nSPS) is 15.1. The average Bonchev–Trinajstić information content (AvgIpc) is 3.68. The number of hydrogen-bond acceptors (Lipinski definition) is 9. The zero-order chi connectivity index (χ0) is 36.1. The zero-order valence-corrected chi connectivity index (χ0v) is 28.7. The summed E-state index contributed by atoms with van der Waals surface area (Å²) in [5, 5.41) is 16.7. The van der Waals surface area contributed by atoms with Crippen LogP contribution in [-0.2, 0) is 17.9 Å². The van der Waals surface area contributed by atoms with Crippen molar-refractivity contribution in [2.75, 3.05) is 31.1 Å². The van der Waals surface area contributed by atoms with E-state index in [-0.39, 0.29) is 39.3 Å². The Hall–Kier alpha value is -5.25. The van der Waals surface area contributed by atoms with Crippen LogP contribution in [0.3, 0.4) is 0 Å². The number of aromatic nitrogens is 7. The lowest BCUT2D eigenvalue weighted by Crippen LogP contribution is -2.46. The van der Waals surface area contributed by atoms with Gasteiger partial charge < -0.3 is 14.2 Å². The molecular weight excluding hydrogens is 722 g/mol. The summed E-state index contributed by atoms with van der Waals surface area (Å²) in [4.78, 5) is 30.9. The summed E-state index contributed by atoms with van der Waals surface area (Å²) in [6, 6.07) is 10.8. The smallest absolute Gasteiger partial charge is 0.344 e. The molecule has 3 aromatic carbocycles. The van der Waals surface area contributed by atoms with Crippen molar-refractivity contribution < 1.29 is 22.7 Å². The number of ether oxygens (including phenoxy) is 1. The van der Waals surface area contributed by atoms with Gasteiger partial charge in [-0.1, -0.05) is 33.6 Å². The first kappa shape index (κ1) is 33.9. The van der Waals surface area contributed by atoms with Gasteiger partial charge in [0, 0.05) is 50.3 Å². The minimum atomic E-state index is -0.878. The monoisotopic (exact) mass is 749 g/mol. The van der Waals surface area contributed by atoms with Crippen molar-refractivity contribution in [3.8, 4) is 11.4 Å². The third-order valence-corrected chi connectivity index (χ3v) is 9.71. The second kappa shape index (κ2) is 13.7. The number of anilines is 1. The number of benzene rings is 3. The van der Waals surface area contributed by atoms with Gasteiger partial charge in [-0.25, -0.2) is 27.3 Å². The van der Waals surface area contributed by atoms with E-state index in [0.717, 1.165) is 18.9 Å². The van der Waals surface area contributed by atoms with Gasteiger partial charge in [-0.05, 0) is 61.4 Å². The van der Waals surface area contributed by atoms with Crippen LogP contribution in [0.15, 0.2) is 71.9 Å². The molecule has 0 amide bonds. The van der Waals surface area contributed by atoms with Gasteiger partial charge >= 0.3 is 5.97 Å². The maximum atomic E-state index is 15.8. The summed E-state index contributed by atoms with van der Waals surface area (Å²) in [6.45, 7) is 2.50. The van der Waals surface area contributed by atoms with Gasteiger partial charge in [-0.2, -0.15) is 0 Å². The van der Waals surface area contributed by atoms with Crippen molar-refractivity contribution >= 4 is 45.8 Å². The Bertz CT molecular complexity index is 2400. The molecule has 17 heteroatoms. The number of rotatable bonds is 9. The second-order valence-electron chi connectivity index (χ2n) is 12.7. The zero-order valence-electron chi connectivity index (χ0n) is 27.2. The molecule has 1 aliphatic carbocycles. The molecule has 3 aromatic heterocycles. The summed E-state index contributed by atoms with van der Waals surface area (Å²) < 4.78 is 52.8. The van der Waals surface area contributed by atoms with Gasteiger partial charge in [0.1, 0.15) is 35.3 Å². The number of hydrogen-bond donors (Lipinski definition) is 0. The summed E-state index contributed by atoms with van der Waals surface area (Å²) in [5.41, 5.74) is 1.94. The predicted molar refractivity (Wildman–Crippen MR) is 186 cm³/mol. The number of pyridine rings is 1. The Morgan fingerprint density at radius 1 is 0.788 bits per heavy atom. The van der Waals surface area contributed by atoms with E-state index in [2.05, 4.69) is 25.5 Å². The van der Waals surface area contributed by atoms with Crippen molar-refractivity contribution in [3.05, 3.63) is 122 Å². The van der Waals surface area contributed by atoms with E-state index in [9.17, 15) is 18.4 Å². The average molecular weight is 751 g/mol. The molecule has 8 rings (SSSR count). The highest BCUT2D eigenvalue weighted by Gasteiger charge is 2.29. The molecule has 6 aromatic rings. The van der Waals surface area contributed by atoms with Crippen molar-refractivity contribution in [1.29, 1.82) is 0 Å². The lowest BCUT2D eigenvalue weighted by Gasteiger charge is -2.36. The van der Waals surface area contributed by atoms with Crippen molar-refractivity contribution in [1.82, 2.24) is 39.5 Å². The molecule has 4 heterocycles. The van der Waals surface area contributed by atoms with Crippen molar-refractivity contribution in [2.24, 2.45) is 0 Å². The summed E-state index contributed by atoms with van der Waals surface area (Å²) in [5.74, 6) is -2.39. The molecule has 12 nitrogen and oxygen atoms in total. The van der Waals surface area contributed by atoms with Crippen LogP contribution >= 0.6 is 23.2 Å². The van der Waals surface area contributed by atoms with E-state index in [0.29, 0.717) is 61.0 Å². The van der Waals surface area contributed by atoms with Crippen LogP contribution < -0.4 is 10.3 Å². The van der Waals surface area contributed by atoms with Crippen molar-refractivity contribution in [2.45, 2.75) is 32.0 Å². The molecule has 1 saturated carbocycles. The van der Waals surface area contributed by atoms with Gasteiger partial charge in [0.25, 0.3) is 0 Å². The highest BCUT2D eigenvalue weighted by Crippen LogP contribution is 2.38. The van der Waals surface area contributed by atoms with Crippen LogP contribution in [0.25, 0.3) is 22.3 Å². The molecule has 0 N–H and O–H groups in total. The lowest BCUT2D eigenvalue weighted by molar-refractivity contribution is 0.0465. The molecule has 0 unspecified atom stereocenters. The van der Waals surface area contributed by atoms with Crippen LogP contribution in [0, 0.1) is 17.5 Å². The highest BCUT2D eigenvalue weighted by molar-refractivity contribution is 6.32. The van der Waals surface area contributed by atoms with Crippen LogP contribution in [0.2, 0.25) is 10.0 Å². The Morgan fingerprint density at radius 2 is 1.40 bits per heavy atom. The molecule has 1 saturated heterocycles. The quantitative estimate of drug-likeness (QED) is 0.167. The molecule has 0 atom stereocenters. The third-order valence-electron chi connectivity index (χ3n) is 9.11. The summed E-state index contributed by atoms with van der Waals surface area (Å²) in [7, 11) is 0. The van der Waals surface area contributed by atoms with Gasteiger partial charge in [0.05, 0.1) is 50.7 Å². The van der Waals surface area contributed by atoms with Crippen molar-refractivity contribution in [3.63, 3.8) is 0 Å². The Morgan fingerprint density at radius 3 is 2.02 bits per heavy atom. The summed E-state index contributed by atoms with van der Waals surface area (Å²) >= 11 is 12.3. The van der Waals surface area contributed by atoms with Gasteiger partial charge in [0.15, 0.2) is 0 Å². The minimum Gasteiger partial charge on any atom is -0.455 e. The fraction of sp³-hybridized carbons (Fsp3) is 0.257. The van der Waals surface area contributed by atoms with Crippen LogP contribution in [-0.4, -0.2) is 71.6 Å². The van der Waals surface area contributed by atoms with E-state index in [1.54, 1.807) is 12.3 Å². The lowest BCUT2D eigenvalue weighted by atomic mass is 10.1. The molecule has 2 fully saturated rings. The molecule has 2 aliphatic rings.